The maximum Gasteiger partial charge on any atom is 0.329 e. The van der Waals surface area contributed by atoms with Crippen molar-refractivity contribution >= 4 is 11.7 Å². The van der Waals surface area contributed by atoms with E-state index in [2.05, 4.69) is 5.32 Å². The van der Waals surface area contributed by atoms with Crippen molar-refractivity contribution in [3.05, 3.63) is 29.6 Å². The van der Waals surface area contributed by atoms with E-state index in [-0.39, 0.29) is 5.56 Å². The number of nitrogens with zero attached hydrogens (tertiary/aromatic N) is 1. The van der Waals surface area contributed by atoms with Crippen molar-refractivity contribution in [3.8, 4) is 6.07 Å². The van der Waals surface area contributed by atoms with Crippen LogP contribution in [0.2, 0.25) is 0 Å². The molecule has 1 aliphatic rings. The monoisotopic (exact) mass is 276 g/mol. The number of benzene rings is 1. The molecule has 0 bridgehead atoms. The Kier molecular flexibility index (Phi) is 4.23. The molecular formula is C15H17FN2O2. The van der Waals surface area contributed by atoms with Gasteiger partial charge in [-0.1, -0.05) is 25.7 Å². The van der Waals surface area contributed by atoms with Gasteiger partial charge in [0.1, 0.15) is 17.4 Å². The van der Waals surface area contributed by atoms with Gasteiger partial charge in [0.2, 0.25) is 0 Å². The van der Waals surface area contributed by atoms with Crippen LogP contribution in [0.25, 0.3) is 0 Å². The normalized spacial score (nSPS) is 17.8. The van der Waals surface area contributed by atoms with Crippen molar-refractivity contribution < 1.29 is 14.3 Å². The van der Waals surface area contributed by atoms with E-state index in [1.807, 2.05) is 6.07 Å². The number of carboxylic acids is 1. The SMILES string of the molecule is N#Cc1cc(F)ccc1NC1(C(=O)O)CCCCCC1. The van der Waals surface area contributed by atoms with Crippen molar-refractivity contribution in [2.75, 3.05) is 5.32 Å². The number of nitrogens with one attached hydrogen (secondary N) is 1. The molecule has 2 rings (SSSR count). The first-order chi connectivity index (χ1) is 9.57. The third-order valence-corrected chi connectivity index (χ3v) is 3.84. The van der Waals surface area contributed by atoms with Gasteiger partial charge in [-0.05, 0) is 31.0 Å². The largest absolute Gasteiger partial charge is 0.480 e. The lowest BCUT2D eigenvalue weighted by atomic mass is 9.89. The Morgan fingerprint density at radius 1 is 1.30 bits per heavy atom. The van der Waals surface area contributed by atoms with Crippen LogP contribution < -0.4 is 5.32 Å². The first kappa shape index (κ1) is 14.3. The van der Waals surface area contributed by atoms with Crippen LogP contribution in [0.3, 0.4) is 0 Å². The molecule has 0 heterocycles. The van der Waals surface area contributed by atoms with Crippen LogP contribution in [0.1, 0.15) is 44.1 Å². The summed E-state index contributed by atoms with van der Waals surface area (Å²) >= 11 is 0. The number of aliphatic carboxylic acids is 1. The van der Waals surface area contributed by atoms with Gasteiger partial charge in [0.05, 0.1) is 11.3 Å². The molecule has 5 heteroatoms. The van der Waals surface area contributed by atoms with E-state index in [9.17, 15) is 14.3 Å². The standard InChI is InChI=1S/C15H17FN2O2/c16-12-5-6-13(11(9-12)10-17)18-15(14(19)20)7-3-1-2-4-8-15/h5-6,9,18H,1-4,7-8H2,(H,19,20). The fourth-order valence-corrected chi connectivity index (χ4v) is 2.70. The molecule has 0 aliphatic heterocycles. The minimum absolute atomic E-state index is 0.134. The Morgan fingerprint density at radius 2 is 1.95 bits per heavy atom. The average molecular weight is 276 g/mol. The quantitative estimate of drug-likeness (QED) is 0.831. The molecule has 0 atom stereocenters. The van der Waals surface area contributed by atoms with Gasteiger partial charge >= 0.3 is 5.97 Å². The van der Waals surface area contributed by atoms with E-state index >= 15 is 0 Å². The van der Waals surface area contributed by atoms with Crippen molar-refractivity contribution in [1.82, 2.24) is 0 Å². The molecule has 0 unspecified atom stereocenters. The number of nitriles is 1. The fourth-order valence-electron chi connectivity index (χ4n) is 2.70. The Balaban J connectivity index is 2.33. The van der Waals surface area contributed by atoms with Crippen LogP contribution in [0.15, 0.2) is 18.2 Å². The third-order valence-electron chi connectivity index (χ3n) is 3.84. The summed E-state index contributed by atoms with van der Waals surface area (Å²) in [7, 11) is 0. The predicted octanol–water partition coefficient (Wildman–Crippen LogP) is 3.29. The summed E-state index contributed by atoms with van der Waals surface area (Å²) in [5.74, 6) is -1.41. The van der Waals surface area contributed by atoms with Crippen LogP contribution in [0, 0.1) is 17.1 Å². The Hall–Kier alpha value is -2.09. The summed E-state index contributed by atoms with van der Waals surface area (Å²) in [4.78, 5) is 11.7. The molecule has 0 spiro atoms. The second-order valence-corrected chi connectivity index (χ2v) is 5.23. The molecule has 0 aromatic heterocycles. The first-order valence-electron chi connectivity index (χ1n) is 6.79. The molecule has 1 aromatic rings. The van der Waals surface area contributed by atoms with Gasteiger partial charge in [-0.3, -0.25) is 0 Å². The summed E-state index contributed by atoms with van der Waals surface area (Å²) in [6.07, 6.45) is 4.75. The number of hydrogen-bond donors (Lipinski definition) is 2. The maximum atomic E-state index is 13.1. The number of carbonyl (C=O) groups is 1. The molecule has 1 saturated carbocycles. The minimum Gasteiger partial charge on any atom is -0.480 e. The summed E-state index contributed by atoms with van der Waals surface area (Å²) in [5, 5.41) is 21.6. The highest BCUT2D eigenvalue weighted by molar-refractivity contribution is 5.83. The maximum absolute atomic E-state index is 13.1. The zero-order chi connectivity index (χ0) is 14.6. The van der Waals surface area contributed by atoms with E-state index in [4.69, 9.17) is 5.26 Å². The molecule has 1 aliphatic carbocycles. The van der Waals surface area contributed by atoms with E-state index in [1.165, 1.54) is 12.1 Å². The number of halogens is 1. The molecule has 0 amide bonds. The molecule has 4 nitrogen and oxygen atoms in total. The molecular weight excluding hydrogens is 259 g/mol. The predicted molar refractivity (Wildman–Crippen MR) is 72.8 cm³/mol. The number of anilines is 1. The van der Waals surface area contributed by atoms with Gasteiger partial charge in [-0.2, -0.15) is 5.26 Å². The van der Waals surface area contributed by atoms with Crippen LogP contribution >= 0.6 is 0 Å². The van der Waals surface area contributed by atoms with E-state index in [1.54, 1.807) is 0 Å². The lowest BCUT2D eigenvalue weighted by molar-refractivity contribution is -0.142. The molecule has 1 aromatic carbocycles. The summed E-state index contributed by atoms with van der Waals surface area (Å²) in [6, 6.07) is 5.69. The van der Waals surface area contributed by atoms with Gasteiger partial charge in [-0.15, -0.1) is 0 Å². The fraction of sp³-hybridized carbons (Fsp3) is 0.467. The highest BCUT2D eigenvalue weighted by atomic mass is 19.1. The van der Waals surface area contributed by atoms with E-state index < -0.39 is 17.3 Å². The first-order valence-corrected chi connectivity index (χ1v) is 6.79. The lowest BCUT2D eigenvalue weighted by Gasteiger charge is -2.30. The second-order valence-electron chi connectivity index (χ2n) is 5.23. The Labute approximate surface area is 117 Å². The van der Waals surface area contributed by atoms with E-state index in [0.717, 1.165) is 31.7 Å². The average Bonchev–Trinajstić information content (AvgIpc) is 2.67. The van der Waals surface area contributed by atoms with Gasteiger partial charge in [0, 0.05) is 0 Å². The molecule has 20 heavy (non-hydrogen) atoms. The lowest BCUT2D eigenvalue weighted by Crippen LogP contribution is -2.46. The van der Waals surface area contributed by atoms with Crippen molar-refractivity contribution in [1.29, 1.82) is 5.26 Å². The Morgan fingerprint density at radius 3 is 2.50 bits per heavy atom. The zero-order valence-corrected chi connectivity index (χ0v) is 11.2. The summed E-state index contributed by atoms with van der Waals surface area (Å²) < 4.78 is 13.1. The molecule has 106 valence electrons. The number of hydrogen-bond acceptors (Lipinski definition) is 3. The smallest absolute Gasteiger partial charge is 0.329 e. The van der Waals surface area contributed by atoms with Gasteiger partial charge in [0.25, 0.3) is 0 Å². The Bertz CT molecular complexity index is 543. The third kappa shape index (κ3) is 2.90. The van der Waals surface area contributed by atoms with Crippen LogP contribution in [-0.4, -0.2) is 16.6 Å². The zero-order valence-electron chi connectivity index (χ0n) is 11.2. The van der Waals surface area contributed by atoms with Crippen LogP contribution in [0.5, 0.6) is 0 Å². The van der Waals surface area contributed by atoms with Crippen molar-refractivity contribution in [2.45, 2.75) is 44.1 Å². The molecule has 0 saturated heterocycles. The van der Waals surface area contributed by atoms with Crippen LogP contribution in [-0.2, 0) is 4.79 Å². The molecule has 1 fully saturated rings. The van der Waals surface area contributed by atoms with Gasteiger partial charge < -0.3 is 10.4 Å². The topological polar surface area (TPSA) is 73.1 Å². The van der Waals surface area contributed by atoms with Crippen molar-refractivity contribution in [3.63, 3.8) is 0 Å². The minimum atomic E-state index is -1.06. The summed E-state index contributed by atoms with van der Waals surface area (Å²) in [6.45, 7) is 0. The number of rotatable bonds is 3. The van der Waals surface area contributed by atoms with Gasteiger partial charge in [-0.25, -0.2) is 9.18 Å². The van der Waals surface area contributed by atoms with Gasteiger partial charge in [0.15, 0.2) is 0 Å². The van der Waals surface area contributed by atoms with Crippen molar-refractivity contribution in [2.24, 2.45) is 0 Å². The molecule has 2 N–H and O–H groups in total. The van der Waals surface area contributed by atoms with E-state index in [0.29, 0.717) is 18.5 Å². The number of carboxylic acid groups (broad SMARTS) is 1. The summed E-state index contributed by atoms with van der Waals surface area (Å²) in [5.41, 5.74) is -0.534. The van der Waals surface area contributed by atoms with Crippen LogP contribution in [0.4, 0.5) is 10.1 Å². The second kappa shape index (κ2) is 5.91. The highest BCUT2D eigenvalue weighted by Crippen LogP contribution is 2.32. The highest BCUT2D eigenvalue weighted by Gasteiger charge is 2.39. The molecule has 0 radical (unpaired) electrons.